The van der Waals surface area contributed by atoms with Gasteiger partial charge in [-0.2, -0.15) is 0 Å². The van der Waals surface area contributed by atoms with Gasteiger partial charge >= 0.3 is 0 Å². The molecule has 3 N–H and O–H groups in total. The maximum Gasteiger partial charge on any atom is 0.164 e. The zero-order valence-corrected chi connectivity index (χ0v) is 11.3. The highest BCUT2D eigenvalue weighted by Crippen LogP contribution is 2.51. The topological polar surface area (TPSA) is 77.8 Å². The number of carbonyl (C=O) groups excluding carboxylic acids is 1. The Kier molecular flexibility index (Phi) is 3.47. The van der Waals surface area contributed by atoms with E-state index in [4.69, 9.17) is 0 Å². The molecule has 1 saturated carbocycles. The van der Waals surface area contributed by atoms with E-state index in [2.05, 4.69) is 0 Å². The minimum absolute atomic E-state index is 0.102. The molecule has 0 amide bonds. The first-order valence-electron chi connectivity index (χ1n) is 6.03. The van der Waals surface area contributed by atoms with Gasteiger partial charge < -0.3 is 15.3 Å². The molecule has 0 aliphatic heterocycles. The van der Waals surface area contributed by atoms with E-state index in [0.717, 1.165) is 0 Å². The van der Waals surface area contributed by atoms with Crippen molar-refractivity contribution in [3.8, 4) is 0 Å². The third-order valence-electron chi connectivity index (χ3n) is 4.16. The Morgan fingerprint density at radius 1 is 1.41 bits per heavy atom. The summed E-state index contributed by atoms with van der Waals surface area (Å²) in [7, 11) is 0. The van der Waals surface area contributed by atoms with Crippen LogP contribution in [0.2, 0.25) is 0 Å². The molecule has 0 radical (unpaired) electrons. The summed E-state index contributed by atoms with van der Waals surface area (Å²) in [5.41, 5.74) is -2.42. The third kappa shape index (κ3) is 2.39. The van der Waals surface area contributed by atoms with Gasteiger partial charge in [0.15, 0.2) is 5.78 Å². The Labute approximate surface area is 103 Å². The third-order valence-corrected chi connectivity index (χ3v) is 4.16. The minimum atomic E-state index is -1.20. The first kappa shape index (κ1) is 14.6. The number of aliphatic hydroxyl groups excluding tert-OH is 2. The monoisotopic (exact) mass is 244 g/mol. The Hall–Kier alpha value is -0.450. The van der Waals surface area contributed by atoms with Crippen molar-refractivity contribution in [1.82, 2.24) is 0 Å². The van der Waals surface area contributed by atoms with Crippen LogP contribution in [0.4, 0.5) is 0 Å². The Morgan fingerprint density at radius 3 is 2.18 bits per heavy atom. The Bertz CT molecular complexity index is 316. The summed E-state index contributed by atoms with van der Waals surface area (Å²) in [6, 6.07) is 0. The molecule has 17 heavy (non-hydrogen) atoms. The highest BCUT2D eigenvalue weighted by Gasteiger charge is 2.59. The maximum absolute atomic E-state index is 11.9. The van der Waals surface area contributed by atoms with Crippen molar-refractivity contribution in [3.05, 3.63) is 0 Å². The van der Waals surface area contributed by atoms with Crippen molar-refractivity contribution in [3.63, 3.8) is 0 Å². The van der Waals surface area contributed by atoms with Gasteiger partial charge in [0.1, 0.15) is 6.10 Å². The van der Waals surface area contributed by atoms with Crippen molar-refractivity contribution < 1.29 is 20.1 Å². The van der Waals surface area contributed by atoms with Gasteiger partial charge in [0.2, 0.25) is 0 Å². The number of rotatable bonds is 3. The molecule has 0 aromatic carbocycles. The first-order chi connectivity index (χ1) is 7.42. The molecule has 1 aliphatic rings. The molecule has 1 aliphatic carbocycles. The maximum atomic E-state index is 11.9. The highest BCUT2D eigenvalue weighted by molar-refractivity contribution is 5.84. The lowest BCUT2D eigenvalue weighted by molar-refractivity contribution is -0.228. The smallest absolute Gasteiger partial charge is 0.164 e. The second-order valence-corrected chi connectivity index (χ2v) is 6.88. The fourth-order valence-electron chi connectivity index (χ4n) is 2.18. The normalized spacial score (nSPS) is 34.0. The van der Waals surface area contributed by atoms with Crippen molar-refractivity contribution in [2.45, 2.75) is 65.3 Å². The first-order valence-corrected chi connectivity index (χ1v) is 6.03. The number of aliphatic hydroxyl groups is 3. The van der Waals surface area contributed by atoms with Crippen LogP contribution in [0.5, 0.6) is 0 Å². The predicted molar refractivity (Wildman–Crippen MR) is 64.4 cm³/mol. The van der Waals surface area contributed by atoms with Crippen LogP contribution in [0.1, 0.15) is 47.5 Å². The van der Waals surface area contributed by atoms with Gasteiger partial charge in [-0.05, 0) is 5.41 Å². The van der Waals surface area contributed by atoms with E-state index in [9.17, 15) is 20.1 Å². The molecule has 100 valence electrons. The number of hydrogen-bond donors (Lipinski definition) is 3. The summed E-state index contributed by atoms with van der Waals surface area (Å²) in [6.07, 6.45) is -1.58. The number of carbonyl (C=O) groups is 1. The molecule has 0 heterocycles. The molecule has 1 fully saturated rings. The van der Waals surface area contributed by atoms with Gasteiger partial charge in [0, 0.05) is 18.3 Å². The molecule has 0 aromatic heterocycles. The van der Waals surface area contributed by atoms with Crippen molar-refractivity contribution in [2.24, 2.45) is 10.8 Å². The van der Waals surface area contributed by atoms with Gasteiger partial charge in [-0.3, -0.25) is 4.79 Å². The lowest BCUT2D eigenvalue weighted by atomic mass is 9.54. The lowest BCUT2D eigenvalue weighted by Gasteiger charge is -2.56. The fourth-order valence-corrected chi connectivity index (χ4v) is 2.18. The summed E-state index contributed by atoms with van der Waals surface area (Å²) >= 11 is 0. The summed E-state index contributed by atoms with van der Waals surface area (Å²) in [6.45, 7) is 8.80. The molecule has 4 nitrogen and oxygen atoms in total. The van der Waals surface area contributed by atoms with E-state index < -0.39 is 28.6 Å². The molecular weight excluding hydrogens is 220 g/mol. The van der Waals surface area contributed by atoms with Crippen LogP contribution < -0.4 is 0 Å². The Morgan fingerprint density at radius 2 is 1.88 bits per heavy atom. The SMILES string of the molecule is CC(C)(C)C(O)C(=O)CC1(O)CC(O)C1(C)C. The summed E-state index contributed by atoms with van der Waals surface area (Å²) < 4.78 is 0. The van der Waals surface area contributed by atoms with E-state index >= 15 is 0 Å². The zero-order chi connectivity index (χ0) is 13.6. The average Bonchev–Trinajstić information content (AvgIpc) is 2.14. The van der Waals surface area contributed by atoms with Crippen LogP contribution in [-0.4, -0.2) is 38.9 Å². The van der Waals surface area contributed by atoms with Crippen molar-refractivity contribution in [2.75, 3.05) is 0 Å². The molecule has 1 rings (SSSR count). The molecule has 4 heteroatoms. The van der Waals surface area contributed by atoms with E-state index in [1.807, 2.05) is 0 Å². The second-order valence-electron chi connectivity index (χ2n) is 6.88. The molecule has 0 aromatic rings. The predicted octanol–water partition coefficient (Wildman–Crippen LogP) is 0.874. The molecule has 0 bridgehead atoms. The largest absolute Gasteiger partial charge is 0.392 e. The second kappa shape index (κ2) is 4.04. The molecule has 3 unspecified atom stereocenters. The summed E-state index contributed by atoms with van der Waals surface area (Å²) in [5.74, 6) is -0.361. The van der Waals surface area contributed by atoms with Gasteiger partial charge in [-0.1, -0.05) is 34.6 Å². The van der Waals surface area contributed by atoms with Crippen molar-refractivity contribution >= 4 is 5.78 Å². The van der Waals surface area contributed by atoms with Crippen LogP contribution in [0.15, 0.2) is 0 Å². The number of ketones is 1. The van der Waals surface area contributed by atoms with Gasteiger partial charge in [-0.15, -0.1) is 0 Å². The summed E-state index contributed by atoms with van der Waals surface area (Å²) in [4.78, 5) is 11.9. The van der Waals surface area contributed by atoms with E-state index in [0.29, 0.717) is 0 Å². The molecular formula is C13H24O4. The quantitative estimate of drug-likeness (QED) is 0.688. The van der Waals surface area contributed by atoms with Crippen LogP contribution in [-0.2, 0) is 4.79 Å². The van der Waals surface area contributed by atoms with Gasteiger partial charge in [-0.25, -0.2) is 0 Å². The number of hydrogen-bond acceptors (Lipinski definition) is 4. The average molecular weight is 244 g/mol. The van der Waals surface area contributed by atoms with Gasteiger partial charge in [0.05, 0.1) is 11.7 Å². The standard InChI is InChI=1S/C13H24O4/c1-11(2,3)10(16)8(14)6-13(17)7-9(15)12(13,4)5/h9-10,15-17H,6-7H2,1-5H3. The van der Waals surface area contributed by atoms with Crippen LogP contribution >= 0.6 is 0 Å². The highest BCUT2D eigenvalue weighted by atomic mass is 16.3. The summed E-state index contributed by atoms with van der Waals surface area (Å²) in [5, 5.41) is 29.7. The Balaban J connectivity index is 2.71. The van der Waals surface area contributed by atoms with Crippen LogP contribution in [0.3, 0.4) is 0 Å². The minimum Gasteiger partial charge on any atom is -0.392 e. The van der Waals surface area contributed by atoms with Gasteiger partial charge in [0.25, 0.3) is 0 Å². The fraction of sp³-hybridized carbons (Fsp3) is 0.923. The molecule has 3 atom stereocenters. The number of Topliss-reactive ketones (excluding diaryl/α,β-unsaturated/α-hetero) is 1. The van der Waals surface area contributed by atoms with Crippen molar-refractivity contribution in [1.29, 1.82) is 0 Å². The van der Waals surface area contributed by atoms with Crippen LogP contribution in [0, 0.1) is 10.8 Å². The zero-order valence-electron chi connectivity index (χ0n) is 11.3. The van der Waals surface area contributed by atoms with Crippen LogP contribution in [0.25, 0.3) is 0 Å². The molecule has 0 spiro atoms. The molecule has 0 saturated heterocycles. The van der Waals surface area contributed by atoms with E-state index in [1.54, 1.807) is 34.6 Å². The van der Waals surface area contributed by atoms with E-state index in [1.165, 1.54) is 0 Å². The lowest BCUT2D eigenvalue weighted by Crippen LogP contribution is -2.65. The van der Waals surface area contributed by atoms with E-state index in [-0.39, 0.29) is 18.6 Å².